The Hall–Kier alpha value is -2.90. The van der Waals surface area contributed by atoms with Crippen LogP contribution in [0.2, 0.25) is 0 Å². The van der Waals surface area contributed by atoms with Gasteiger partial charge in [-0.25, -0.2) is 8.42 Å². The number of aryl methyl sites for hydroxylation is 2. The van der Waals surface area contributed by atoms with E-state index in [0.717, 1.165) is 27.4 Å². The second-order valence-electron chi connectivity index (χ2n) is 5.99. The van der Waals surface area contributed by atoms with Gasteiger partial charge in [0.05, 0.1) is 5.56 Å². The first-order valence-electron chi connectivity index (χ1n) is 7.97. The summed E-state index contributed by atoms with van der Waals surface area (Å²) >= 11 is 0. The van der Waals surface area contributed by atoms with Gasteiger partial charge in [0, 0.05) is 29.6 Å². The number of sulfonamides is 1. The standard InChI is InChI=1S/C19H19N3O3S/c1-14-7-9-15(10-8-14)11-12-26(24,25)21-20-19(23)17-13-22(2)18-6-4-3-5-16(17)18/h3-13,21H,1-2H3,(H,20,23)/b12-11-. The molecule has 0 fully saturated rings. The highest BCUT2D eigenvalue weighted by Gasteiger charge is 2.15. The van der Waals surface area contributed by atoms with Gasteiger partial charge in [-0.15, -0.1) is 4.83 Å². The molecular weight excluding hydrogens is 350 g/mol. The lowest BCUT2D eigenvalue weighted by atomic mass is 10.2. The monoisotopic (exact) mass is 369 g/mol. The van der Waals surface area contributed by atoms with Crippen LogP contribution in [0.4, 0.5) is 0 Å². The molecule has 0 radical (unpaired) electrons. The fourth-order valence-corrected chi connectivity index (χ4v) is 3.23. The number of nitrogens with zero attached hydrogens (tertiary/aromatic N) is 1. The topological polar surface area (TPSA) is 80.2 Å². The normalized spacial score (nSPS) is 11.9. The van der Waals surface area contributed by atoms with Gasteiger partial charge >= 0.3 is 0 Å². The first-order valence-corrected chi connectivity index (χ1v) is 9.51. The Bertz CT molecular complexity index is 1080. The molecular formula is C19H19N3O3S. The fraction of sp³-hybridized carbons (Fsp3) is 0.105. The molecule has 2 aromatic carbocycles. The van der Waals surface area contributed by atoms with Gasteiger partial charge in [0.1, 0.15) is 0 Å². The molecule has 0 spiro atoms. The number of amides is 1. The van der Waals surface area contributed by atoms with Crippen molar-refractivity contribution in [2.75, 3.05) is 0 Å². The molecule has 134 valence electrons. The van der Waals surface area contributed by atoms with Gasteiger partial charge in [0.15, 0.2) is 0 Å². The number of carbonyl (C=O) groups is 1. The smallest absolute Gasteiger partial charge is 0.268 e. The molecule has 1 amide bonds. The van der Waals surface area contributed by atoms with Crippen molar-refractivity contribution in [3.05, 3.63) is 76.8 Å². The maximum Gasteiger partial charge on any atom is 0.268 e. The van der Waals surface area contributed by atoms with Crippen LogP contribution < -0.4 is 10.3 Å². The number of hydrogen-bond acceptors (Lipinski definition) is 3. The second-order valence-corrected chi connectivity index (χ2v) is 7.55. The molecule has 0 aliphatic rings. The average Bonchev–Trinajstić information content (AvgIpc) is 2.97. The molecule has 2 N–H and O–H groups in total. The predicted octanol–water partition coefficient (Wildman–Crippen LogP) is 2.72. The van der Waals surface area contributed by atoms with E-state index in [9.17, 15) is 13.2 Å². The highest BCUT2D eigenvalue weighted by Crippen LogP contribution is 2.19. The van der Waals surface area contributed by atoms with E-state index in [1.165, 1.54) is 6.08 Å². The minimum Gasteiger partial charge on any atom is -0.350 e. The van der Waals surface area contributed by atoms with Crippen LogP contribution in [-0.4, -0.2) is 18.9 Å². The van der Waals surface area contributed by atoms with Gasteiger partial charge in [-0.2, -0.15) is 0 Å². The molecule has 0 aliphatic heterocycles. The van der Waals surface area contributed by atoms with E-state index in [1.54, 1.807) is 6.20 Å². The van der Waals surface area contributed by atoms with E-state index < -0.39 is 15.9 Å². The number of carbonyl (C=O) groups excluding carboxylic acids is 1. The van der Waals surface area contributed by atoms with Crippen molar-refractivity contribution in [2.24, 2.45) is 7.05 Å². The minimum atomic E-state index is -3.81. The minimum absolute atomic E-state index is 0.397. The van der Waals surface area contributed by atoms with E-state index in [2.05, 4.69) is 10.3 Å². The first-order chi connectivity index (χ1) is 12.4. The summed E-state index contributed by atoms with van der Waals surface area (Å²) in [6.45, 7) is 1.95. The van der Waals surface area contributed by atoms with Crippen LogP contribution >= 0.6 is 0 Å². The van der Waals surface area contributed by atoms with Crippen LogP contribution in [0.1, 0.15) is 21.5 Å². The molecule has 1 aromatic heterocycles. The second kappa shape index (κ2) is 7.15. The van der Waals surface area contributed by atoms with Crippen molar-refractivity contribution in [2.45, 2.75) is 6.92 Å². The Morgan fingerprint density at radius 2 is 1.77 bits per heavy atom. The lowest BCUT2D eigenvalue weighted by Gasteiger charge is -2.05. The van der Waals surface area contributed by atoms with Crippen LogP contribution in [0.25, 0.3) is 17.0 Å². The third-order valence-electron chi connectivity index (χ3n) is 3.97. The Morgan fingerprint density at radius 1 is 1.08 bits per heavy atom. The molecule has 1 heterocycles. The Morgan fingerprint density at radius 3 is 2.50 bits per heavy atom. The number of nitrogens with one attached hydrogen (secondary N) is 2. The zero-order valence-electron chi connectivity index (χ0n) is 14.4. The van der Waals surface area contributed by atoms with E-state index in [1.807, 2.05) is 67.1 Å². The summed E-state index contributed by atoms with van der Waals surface area (Å²) in [7, 11) is -1.98. The Kier molecular flexibility index (Phi) is 4.92. The van der Waals surface area contributed by atoms with Crippen molar-refractivity contribution in [1.29, 1.82) is 0 Å². The summed E-state index contributed by atoms with van der Waals surface area (Å²) < 4.78 is 25.9. The number of fused-ring (bicyclic) bond motifs is 1. The predicted molar refractivity (Wildman–Crippen MR) is 103 cm³/mol. The summed E-state index contributed by atoms with van der Waals surface area (Å²) in [6, 6.07) is 14.8. The highest BCUT2D eigenvalue weighted by molar-refractivity contribution is 7.92. The SMILES string of the molecule is Cc1ccc(/C=C\S(=O)(=O)NNC(=O)c2cn(C)c3ccccc23)cc1. The van der Waals surface area contributed by atoms with E-state index >= 15 is 0 Å². The zero-order valence-corrected chi connectivity index (χ0v) is 15.2. The molecule has 26 heavy (non-hydrogen) atoms. The van der Waals surface area contributed by atoms with E-state index in [-0.39, 0.29) is 0 Å². The largest absolute Gasteiger partial charge is 0.350 e. The van der Waals surface area contributed by atoms with Crippen LogP contribution in [0.15, 0.2) is 60.1 Å². The first kappa shape index (κ1) is 17.9. The van der Waals surface area contributed by atoms with Crippen molar-refractivity contribution >= 4 is 32.9 Å². The molecule has 6 nitrogen and oxygen atoms in total. The third-order valence-corrected chi connectivity index (χ3v) is 4.85. The van der Waals surface area contributed by atoms with Gasteiger partial charge < -0.3 is 4.57 Å². The quantitative estimate of drug-likeness (QED) is 0.679. The maximum absolute atomic E-state index is 12.4. The maximum atomic E-state index is 12.4. The van der Waals surface area contributed by atoms with Crippen molar-refractivity contribution in [1.82, 2.24) is 14.8 Å². The highest BCUT2D eigenvalue weighted by atomic mass is 32.2. The molecule has 0 saturated heterocycles. The van der Waals surface area contributed by atoms with Gasteiger partial charge in [-0.05, 0) is 24.6 Å². The number of hydrazine groups is 1. The molecule has 0 atom stereocenters. The van der Waals surface area contributed by atoms with Crippen molar-refractivity contribution in [3.8, 4) is 0 Å². The van der Waals surface area contributed by atoms with E-state index in [0.29, 0.717) is 5.56 Å². The lowest BCUT2D eigenvalue weighted by molar-refractivity contribution is 0.0947. The molecule has 0 bridgehead atoms. The van der Waals surface area contributed by atoms with Crippen molar-refractivity contribution < 1.29 is 13.2 Å². The number of aromatic nitrogens is 1. The van der Waals surface area contributed by atoms with Crippen molar-refractivity contribution in [3.63, 3.8) is 0 Å². The molecule has 3 aromatic rings. The Labute approximate surface area is 152 Å². The number of para-hydroxylation sites is 1. The van der Waals surface area contributed by atoms with Crippen LogP contribution in [0, 0.1) is 6.92 Å². The number of benzene rings is 2. The number of hydrogen-bond donors (Lipinski definition) is 2. The summed E-state index contributed by atoms with van der Waals surface area (Å²) in [4.78, 5) is 14.4. The van der Waals surface area contributed by atoms with Gasteiger partial charge in [0.25, 0.3) is 15.9 Å². The zero-order chi connectivity index (χ0) is 18.7. The van der Waals surface area contributed by atoms with Crippen LogP contribution in [0.5, 0.6) is 0 Å². The van der Waals surface area contributed by atoms with Crippen LogP contribution in [0.3, 0.4) is 0 Å². The summed E-state index contributed by atoms with van der Waals surface area (Å²) in [6.07, 6.45) is 3.13. The van der Waals surface area contributed by atoms with Gasteiger partial charge in [-0.3, -0.25) is 10.2 Å². The van der Waals surface area contributed by atoms with Gasteiger partial charge in [0.2, 0.25) is 0 Å². The molecule has 0 unspecified atom stereocenters. The summed E-state index contributed by atoms with van der Waals surface area (Å²) in [5.41, 5.74) is 5.37. The average molecular weight is 369 g/mol. The van der Waals surface area contributed by atoms with E-state index in [4.69, 9.17) is 0 Å². The molecule has 0 aliphatic carbocycles. The molecule has 3 rings (SSSR count). The number of rotatable bonds is 5. The van der Waals surface area contributed by atoms with Gasteiger partial charge in [-0.1, -0.05) is 48.0 Å². The summed E-state index contributed by atoms with van der Waals surface area (Å²) in [5.74, 6) is -0.519. The molecule has 7 heteroatoms. The fourth-order valence-electron chi connectivity index (χ4n) is 2.59. The third kappa shape index (κ3) is 4.01. The summed E-state index contributed by atoms with van der Waals surface area (Å²) in [5, 5.41) is 1.77. The Balaban J connectivity index is 1.70. The van der Waals surface area contributed by atoms with Crippen LogP contribution in [-0.2, 0) is 17.1 Å². The lowest BCUT2D eigenvalue weighted by Crippen LogP contribution is -2.40. The molecule has 0 saturated carbocycles.